The van der Waals surface area contributed by atoms with E-state index in [1.807, 2.05) is 89.4 Å². The van der Waals surface area contributed by atoms with Gasteiger partial charge in [0.15, 0.2) is 0 Å². The summed E-state index contributed by atoms with van der Waals surface area (Å²) in [6.45, 7) is 3.54. The molecule has 0 radical (unpaired) electrons. The molecule has 0 bridgehead atoms. The van der Waals surface area contributed by atoms with Crippen molar-refractivity contribution in [3.8, 4) is 17.1 Å². The minimum Gasteiger partial charge on any atom is -0.339 e. The number of hydrogen-bond acceptors (Lipinski definition) is 4. The van der Waals surface area contributed by atoms with Crippen molar-refractivity contribution in [1.29, 1.82) is 0 Å². The molecule has 2 aromatic carbocycles. The number of likely N-dealkylation sites (tertiary alicyclic amines) is 1. The Morgan fingerprint density at radius 2 is 1.84 bits per heavy atom. The van der Waals surface area contributed by atoms with Crippen LogP contribution in [-0.4, -0.2) is 38.6 Å². The van der Waals surface area contributed by atoms with Gasteiger partial charge in [0.2, 0.25) is 11.7 Å². The van der Waals surface area contributed by atoms with E-state index >= 15 is 0 Å². The summed E-state index contributed by atoms with van der Waals surface area (Å²) in [5, 5.41) is 4.18. The second-order valence-electron chi connectivity index (χ2n) is 8.43. The van der Waals surface area contributed by atoms with Crippen molar-refractivity contribution in [3.63, 3.8) is 0 Å². The molecule has 0 saturated carbocycles. The van der Waals surface area contributed by atoms with E-state index in [1.54, 1.807) is 0 Å². The smallest absolute Gasteiger partial charge is 0.253 e. The fourth-order valence-electron chi connectivity index (χ4n) is 4.40. The van der Waals surface area contributed by atoms with E-state index in [0.29, 0.717) is 30.6 Å². The number of amides is 1. The van der Waals surface area contributed by atoms with Crippen LogP contribution in [0.3, 0.4) is 0 Å². The van der Waals surface area contributed by atoms with Crippen LogP contribution in [0.5, 0.6) is 0 Å². The molecule has 6 heteroatoms. The first-order valence-corrected chi connectivity index (χ1v) is 11.1. The largest absolute Gasteiger partial charge is 0.339 e. The zero-order valence-corrected chi connectivity index (χ0v) is 18.1. The van der Waals surface area contributed by atoms with E-state index in [2.05, 4.69) is 10.1 Å². The normalized spacial score (nSPS) is 16.3. The van der Waals surface area contributed by atoms with Gasteiger partial charge in [-0.05, 0) is 67.6 Å². The molecule has 1 fully saturated rings. The summed E-state index contributed by atoms with van der Waals surface area (Å²) in [7, 11) is 0. The van der Waals surface area contributed by atoms with Crippen LogP contribution in [0.15, 0.2) is 77.6 Å². The predicted octanol–water partition coefficient (Wildman–Crippen LogP) is 4.93. The SMILES string of the molecule is Cc1ccccc1-c1noc(C[C@@H]2CCCN(C(=O)c3ccc(-n4cccc4)cc3)C2)n1. The molecule has 1 amide bonds. The van der Waals surface area contributed by atoms with Gasteiger partial charge in [0.1, 0.15) is 0 Å². The maximum Gasteiger partial charge on any atom is 0.253 e. The Balaban J connectivity index is 1.24. The number of piperidine rings is 1. The standard InChI is InChI=1S/C26H26N4O2/c1-19-7-2-3-9-23(19)25-27-24(32-28-25)17-20-8-6-16-30(18-20)26(31)21-10-12-22(13-11-21)29-14-4-5-15-29/h2-5,7,9-15,20H,6,8,16-18H2,1H3/t20-/m0/s1. The summed E-state index contributed by atoms with van der Waals surface area (Å²) in [5.74, 6) is 1.67. The monoisotopic (exact) mass is 426 g/mol. The molecule has 4 aromatic rings. The summed E-state index contributed by atoms with van der Waals surface area (Å²) in [6, 6.07) is 19.8. The maximum absolute atomic E-state index is 13.1. The van der Waals surface area contributed by atoms with Crippen LogP contribution in [-0.2, 0) is 6.42 Å². The first-order chi connectivity index (χ1) is 15.7. The van der Waals surface area contributed by atoms with Gasteiger partial charge in [-0.3, -0.25) is 4.79 Å². The van der Waals surface area contributed by atoms with Crippen molar-refractivity contribution in [2.45, 2.75) is 26.2 Å². The molecular formula is C26H26N4O2. The molecule has 1 aliphatic rings. The van der Waals surface area contributed by atoms with Crippen LogP contribution in [0.2, 0.25) is 0 Å². The minimum absolute atomic E-state index is 0.0832. The molecular weight excluding hydrogens is 400 g/mol. The van der Waals surface area contributed by atoms with Crippen LogP contribution in [0.25, 0.3) is 17.1 Å². The second-order valence-corrected chi connectivity index (χ2v) is 8.43. The molecule has 162 valence electrons. The summed E-state index contributed by atoms with van der Waals surface area (Å²) >= 11 is 0. The first kappa shape index (κ1) is 20.2. The molecule has 0 N–H and O–H groups in total. The number of nitrogens with zero attached hydrogens (tertiary/aromatic N) is 4. The predicted molar refractivity (Wildman–Crippen MR) is 123 cm³/mol. The third-order valence-corrected chi connectivity index (χ3v) is 6.14. The van der Waals surface area contributed by atoms with Gasteiger partial charge in [0, 0.05) is 48.7 Å². The Bertz CT molecular complexity index is 1190. The average Bonchev–Trinajstić information content (AvgIpc) is 3.52. The highest BCUT2D eigenvalue weighted by Crippen LogP contribution is 2.25. The molecule has 6 nitrogen and oxygen atoms in total. The Morgan fingerprint density at radius 3 is 2.62 bits per heavy atom. The highest BCUT2D eigenvalue weighted by Gasteiger charge is 2.26. The molecule has 0 unspecified atom stereocenters. The van der Waals surface area contributed by atoms with E-state index < -0.39 is 0 Å². The van der Waals surface area contributed by atoms with Crippen molar-refractivity contribution in [2.75, 3.05) is 13.1 Å². The van der Waals surface area contributed by atoms with Gasteiger partial charge in [-0.1, -0.05) is 29.4 Å². The quantitative estimate of drug-likeness (QED) is 0.454. The lowest BCUT2D eigenvalue weighted by molar-refractivity contribution is 0.0668. The first-order valence-electron chi connectivity index (χ1n) is 11.1. The number of benzene rings is 2. The van der Waals surface area contributed by atoms with Gasteiger partial charge in [-0.15, -0.1) is 0 Å². The summed E-state index contributed by atoms with van der Waals surface area (Å²) in [6.07, 6.45) is 6.71. The minimum atomic E-state index is 0.0832. The van der Waals surface area contributed by atoms with E-state index in [-0.39, 0.29) is 5.91 Å². The van der Waals surface area contributed by atoms with Gasteiger partial charge >= 0.3 is 0 Å². The van der Waals surface area contributed by atoms with Crippen molar-refractivity contribution < 1.29 is 9.32 Å². The lowest BCUT2D eigenvalue weighted by Crippen LogP contribution is -2.40. The molecule has 1 aliphatic heterocycles. The molecule has 3 heterocycles. The van der Waals surface area contributed by atoms with E-state index in [4.69, 9.17) is 4.52 Å². The number of carbonyl (C=O) groups is 1. The molecule has 1 saturated heterocycles. The number of hydrogen-bond donors (Lipinski definition) is 0. The molecule has 2 aromatic heterocycles. The van der Waals surface area contributed by atoms with Gasteiger partial charge in [-0.2, -0.15) is 4.98 Å². The zero-order chi connectivity index (χ0) is 21.9. The van der Waals surface area contributed by atoms with Crippen LogP contribution in [0, 0.1) is 12.8 Å². The number of aromatic nitrogens is 3. The number of carbonyl (C=O) groups excluding carboxylic acids is 1. The van der Waals surface area contributed by atoms with Crippen molar-refractivity contribution in [1.82, 2.24) is 19.6 Å². The van der Waals surface area contributed by atoms with Crippen LogP contribution < -0.4 is 0 Å². The zero-order valence-electron chi connectivity index (χ0n) is 18.1. The fraction of sp³-hybridized carbons (Fsp3) is 0.269. The second kappa shape index (κ2) is 8.83. The Labute approximate surface area is 187 Å². The molecule has 0 spiro atoms. The third-order valence-electron chi connectivity index (χ3n) is 6.14. The molecule has 1 atom stereocenters. The van der Waals surface area contributed by atoms with Crippen molar-refractivity contribution in [2.24, 2.45) is 5.92 Å². The molecule has 32 heavy (non-hydrogen) atoms. The maximum atomic E-state index is 13.1. The highest BCUT2D eigenvalue weighted by molar-refractivity contribution is 5.94. The highest BCUT2D eigenvalue weighted by atomic mass is 16.5. The third kappa shape index (κ3) is 4.21. The lowest BCUT2D eigenvalue weighted by Gasteiger charge is -2.32. The van der Waals surface area contributed by atoms with E-state index in [9.17, 15) is 4.79 Å². The Morgan fingerprint density at radius 1 is 1.06 bits per heavy atom. The van der Waals surface area contributed by atoms with Gasteiger partial charge in [0.05, 0.1) is 0 Å². The summed E-state index contributed by atoms with van der Waals surface area (Å²) in [4.78, 5) is 19.7. The molecule has 5 rings (SSSR count). The summed E-state index contributed by atoms with van der Waals surface area (Å²) < 4.78 is 7.57. The van der Waals surface area contributed by atoms with E-state index in [1.165, 1.54) is 0 Å². The van der Waals surface area contributed by atoms with Gasteiger partial charge < -0.3 is 14.0 Å². The fourth-order valence-corrected chi connectivity index (χ4v) is 4.40. The van der Waals surface area contributed by atoms with Crippen molar-refractivity contribution >= 4 is 5.91 Å². The Hall–Kier alpha value is -3.67. The number of rotatable bonds is 5. The van der Waals surface area contributed by atoms with Crippen LogP contribution in [0.4, 0.5) is 0 Å². The van der Waals surface area contributed by atoms with Crippen LogP contribution in [0.1, 0.15) is 34.7 Å². The van der Waals surface area contributed by atoms with Crippen LogP contribution >= 0.6 is 0 Å². The number of aryl methyl sites for hydroxylation is 1. The van der Waals surface area contributed by atoms with Gasteiger partial charge in [0.25, 0.3) is 5.91 Å². The van der Waals surface area contributed by atoms with E-state index in [0.717, 1.165) is 41.8 Å². The lowest BCUT2D eigenvalue weighted by atomic mass is 9.94. The van der Waals surface area contributed by atoms with Crippen molar-refractivity contribution in [3.05, 3.63) is 90.1 Å². The molecule has 0 aliphatic carbocycles. The van der Waals surface area contributed by atoms with Gasteiger partial charge in [-0.25, -0.2) is 0 Å². The topological polar surface area (TPSA) is 64.2 Å². The Kier molecular flexibility index (Phi) is 5.58. The average molecular weight is 427 g/mol. The summed E-state index contributed by atoms with van der Waals surface area (Å²) in [5.41, 5.74) is 3.88.